The van der Waals surface area contributed by atoms with Crippen LogP contribution in [0.25, 0.3) is 0 Å². The van der Waals surface area contributed by atoms with Gasteiger partial charge in [-0.3, -0.25) is 9.69 Å². The van der Waals surface area contributed by atoms with Crippen LogP contribution in [0.5, 0.6) is 0 Å². The number of rotatable bonds is 4. The minimum atomic E-state index is 0.161. The number of aromatic amines is 1. The van der Waals surface area contributed by atoms with Gasteiger partial charge in [-0.05, 0) is 38.3 Å². The first-order valence-electron chi connectivity index (χ1n) is 7.91. The summed E-state index contributed by atoms with van der Waals surface area (Å²) in [5, 5.41) is 0. The summed E-state index contributed by atoms with van der Waals surface area (Å²) in [6, 6.07) is 1.86. The summed E-state index contributed by atoms with van der Waals surface area (Å²) in [5.74, 6) is 0.161. The first-order chi connectivity index (χ1) is 10.2. The minimum Gasteiger partial charge on any atom is -0.383 e. The molecule has 3 rings (SSSR count). The van der Waals surface area contributed by atoms with Crippen molar-refractivity contribution in [2.75, 3.05) is 39.9 Å². The maximum absolute atomic E-state index is 12.6. The third kappa shape index (κ3) is 2.85. The summed E-state index contributed by atoms with van der Waals surface area (Å²) in [6.07, 6.45) is 8.34. The number of likely N-dealkylation sites (tertiary alicyclic amines) is 2. The van der Waals surface area contributed by atoms with Gasteiger partial charge >= 0.3 is 0 Å². The smallest absolute Gasteiger partial charge is 0.255 e. The van der Waals surface area contributed by atoms with Crippen LogP contribution in [0.3, 0.4) is 0 Å². The highest BCUT2D eigenvalue weighted by Crippen LogP contribution is 2.37. The van der Waals surface area contributed by atoms with Gasteiger partial charge in [0.25, 0.3) is 5.91 Å². The molecule has 1 atom stereocenters. The minimum absolute atomic E-state index is 0.161. The van der Waals surface area contributed by atoms with Crippen molar-refractivity contribution in [1.29, 1.82) is 0 Å². The maximum atomic E-state index is 12.6. The Hall–Kier alpha value is -1.33. The van der Waals surface area contributed by atoms with Crippen LogP contribution in [0.4, 0.5) is 0 Å². The highest BCUT2D eigenvalue weighted by molar-refractivity contribution is 5.94. The van der Waals surface area contributed by atoms with Crippen molar-refractivity contribution >= 4 is 5.91 Å². The number of ether oxygens (including phenoxy) is 1. The van der Waals surface area contributed by atoms with Crippen LogP contribution in [-0.4, -0.2) is 66.1 Å². The van der Waals surface area contributed by atoms with Crippen LogP contribution in [0, 0.1) is 0 Å². The Kier molecular flexibility index (Phi) is 4.31. The van der Waals surface area contributed by atoms with Crippen LogP contribution in [0.15, 0.2) is 18.5 Å². The zero-order chi connectivity index (χ0) is 14.7. The molecule has 116 valence electrons. The van der Waals surface area contributed by atoms with Gasteiger partial charge in [0.05, 0.1) is 12.2 Å². The molecule has 2 fully saturated rings. The van der Waals surface area contributed by atoms with E-state index in [-0.39, 0.29) is 11.4 Å². The Labute approximate surface area is 126 Å². The Balaban J connectivity index is 1.71. The fourth-order valence-electron chi connectivity index (χ4n) is 3.93. The zero-order valence-corrected chi connectivity index (χ0v) is 12.8. The molecule has 1 spiro atoms. The lowest BCUT2D eigenvalue weighted by Crippen LogP contribution is -2.57. The lowest BCUT2D eigenvalue weighted by Gasteiger charge is -2.46. The van der Waals surface area contributed by atoms with E-state index in [1.807, 2.05) is 17.2 Å². The first-order valence-corrected chi connectivity index (χ1v) is 7.91. The largest absolute Gasteiger partial charge is 0.383 e. The van der Waals surface area contributed by atoms with Gasteiger partial charge in [0.2, 0.25) is 0 Å². The molecule has 0 saturated carbocycles. The second-order valence-electron chi connectivity index (χ2n) is 6.24. The normalized spacial score (nSPS) is 26.6. The molecule has 0 bridgehead atoms. The van der Waals surface area contributed by atoms with Crippen LogP contribution in [0.1, 0.15) is 36.0 Å². The molecular formula is C16H25N3O2. The molecule has 2 aliphatic rings. The Bertz CT molecular complexity index is 474. The topological polar surface area (TPSA) is 48.6 Å². The number of aromatic nitrogens is 1. The Morgan fingerprint density at radius 1 is 1.38 bits per heavy atom. The first kappa shape index (κ1) is 14.6. The fourth-order valence-corrected chi connectivity index (χ4v) is 3.93. The third-order valence-corrected chi connectivity index (χ3v) is 4.99. The van der Waals surface area contributed by atoms with Crippen molar-refractivity contribution in [3.63, 3.8) is 0 Å². The summed E-state index contributed by atoms with van der Waals surface area (Å²) in [4.78, 5) is 20.1. The lowest BCUT2D eigenvalue weighted by molar-refractivity contribution is 0.0230. The van der Waals surface area contributed by atoms with Gasteiger partial charge in [-0.2, -0.15) is 0 Å². The summed E-state index contributed by atoms with van der Waals surface area (Å²) in [5.41, 5.74) is 0.955. The van der Waals surface area contributed by atoms with E-state index in [1.54, 1.807) is 13.3 Å². The quantitative estimate of drug-likeness (QED) is 0.919. The van der Waals surface area contributed by atoms with Crippen molar-refractivity contribution in [1.82, 2.24) is 14.8 Å². The predicted molar refractivity (Wildman–Crippen MR) is 81.3 cm³/mol. The number of hydrogen-bond acceptors (Lipinski definition) is 3. The van der Waals surface area contributed by atoms with E-state index < -0.39 is 0 Å². The molecule has 21 heavy (non-hydrogen) atoms. The molecule has 0 aliphatic carbocycles. The summed E-state index contributed by atoms with van der Waals surface area (Å²) < 4.78 is 5.24. The number of methoxy groups -OCH3 is 1. The number of carbonyl (C=O) groups is 1. The summed E-state index contributed by atoms with van der Waals surface area (Å²) in [6.45, 7) is 4.62. The van der Waals surface area contributed by atoms with E-state index in [0.29, 0.717) is 0 Å². The standard InChI is InChI=1S/C16H25N3O2/c1-21-11-10-19-9-3-6-16(19)5-2-8-18(13-16)15(20)14-4-7-17-12-14/h4,7,12,17H,2-3,5-6,8-11,13H2,1H3. The van der Waals surface area contributed by atoms with Gasteiger partial charge in [-0.1, -0.05) is 0 Å². The van der Waals surface area contributed by atoms with Crippen molar-refractivity contribution in [3.8, 4) is 0 Å². The summed E-state index contributed by atoms with van der Waals surface area (Å²) >= 11 is 0. The van der Waals surface area contributed by atoms with Crippen molar-refractivity contribution in [2.24, 2.45) is 0 Å². The van der Waals surface area contributed by atoms with E-state index in [4.69, 9.17) is 4.74 Å². The number of amides is 1. The van der Waals surface area contributed by atoms with Crippen LogP contribution in [0.2, 0.25) is 0 Å². The van der Waals surface area contributed by atoms with Gasteiger partial charge in [-0.15, -0.1) is 0 Å². The van der Waals surface area contributed by atoms with Gasteiger partial charge in [0.15, 0.2) is 0 Å². The van der Waals surface area contributed by atoms with Crippen molar-refractivity contribution < 1.29 is 9.53 Å². The lowest BCUT2D eigenvalue weighted by atomic mass is 9.86. The molecule has 1 amide bonds. The number of nitrogens with zero attached hydrogens (tertiary/aromatic N) is 2. The monoisotopic (exact) mass is 291 g/mol. The summed E-state index contributed by atoms with van der Waals surface area (Å²) in [7, 11) is 1.76. The molecule has 0 aromatic carbocycles. The molecule has 1 aromatic heterocycles. The van der Waals surface area contributed by atoms with E-state index in [9.17, 15) is 4.79 Å². The highest BCUT2D eigenvalue weighted by atomic mass is 16.5. The maximum Gasteiger partial charge on any atom is 0.255 e. The third-order valence-electron chi connectivity index (χ3n) is 4.99. The van der Waals surface area contributed by atoms with E-state index in [1.165, 1.54) is 19.3 Å². The molecule has 1 aromatic rings. The molecule has 3 heterocycles. The molecule has 2 aliphatic heterocycles. The van der Waals surface area contributed by atoms with Gasteiger partial charge in [-0.25, -0.2) is 0 Å². The van der Waals surface area contributed by atoms with Crippen molar-refractivity contribution in [2.45, 2.75) is 31.2 Å². The van der Waals surface area contributed by atoms with Crippen LogP contribution < -0.4 is 0 Å². The molecule has 5 nitrogen and oxygen atoms in total. The fraction of sp³-hybridized carbons (Fsp3) is 0.688. The Morgan fingerprint density at radius 2 is 2.19 bits per heavy atom. The van der Waals surface area contributed by atoms with Crippen molar-refractivity contribution in [3.05, 3.63) is 24.0 Å². The van der Waals surface area contributed by atoms with Gasteiger partial charge < -0.3 is 14.6 Å². The van der Waals surface area contributed by atoms with Crippen LogP contribution in [-0.2, 0) is 4.74 Å². The number of carbonyl (C=O) groups excluding carboxylic acids is 1. The second-order valence-corrected chi connectivity index (χ2v) is 6.24. The SMILES string of the molecule is COCCN1CCCC12CCCN(C(=O)c1cc[nH]c1)C2. The second kappa shape index (κ2) is 6.20. The molecule has 1 N–H and O–H groups in total. The zero-order valence-electron chi connectivity index (χ0n) is 12.8. The Morgan fingerprint density at radius 3 is 2.90 bits per heavy atom. The molecule has 2 saturated heterocycles. The van der Waals surface area contributed by atoms with Crippen LogP contribution >= 0.6 is 0 Å². The highest BCUT2D eigenvalue weighted by Gasteiger charge is 2.44. The van der Waals surface area contributed by atoms with E-state index in [2.05, 4.69) is 9.88 Å². The van der Waals surface area contributed by atoms with E-state index >= 15 is 0 Å². The molecule has 0 radical (unpaired) electrons. The van der Waals surface area contributed by atoms with E-state index in [0.717, 1.165) is 44.8 Å². The number of piperidine rings is 1. The van der Waals surface area contributed by atoms with Gasteiger partial charge in [0, 0.05) is 44.7 Å². The number of H-pyrrole nitrogens is 1. The number of hydrogen-bond donors (Lipinski definition) is 1. The molecular weight excluding hydrogens is 266 g/mol. The average Bonchev–Trinajstić information content (AvgIpc) is 3.15. The predicted octanol–water partition coefficient (Wildman–Crippen LogP) is 1.73. The number of nitrogens with one attached hydrogen (secondary N) is 1. The van der Waals surface area contributed by atoms with Gasteiger partial charge in [0.1, 0.15) is 0 Å². The molecule has 1 unspecified atom stereocenters. The average molecular weight is 291 g/mol. The molecule has 5 heteroatoms.